The Morgan fingerprint density at radius 3 is 2.71 bits per heavy atom. The lowest BCUT2D eigenvalue weighted by molar-refractivity contribution is -0.274. The fraction of sp³-hybridized carbons (Fsp3) is 0.222. The number of halogens is 4. The lowest BCUT2D eigenvalue weighted by atomic mass is 10.2. The molecule has 3 aromatic rings. The van der Waals surface area contributed by atoms with Crippen molar-refractivity contribution in [2.75, 3.05) is 5.43 Å². The van der Waals surface area contributed by atoms with Crippen molar-refractivity contribution in [3.8, 4) is 5.75 Å². The molecule has 1 saturated carbocycles. The van der Waals surface area contributed by atoms with Gasteiger partial charge in [-0.1, -0.05) is 11.6 Å². The first kappa shape index (κ1) is 18.9. The van der Waals surface area contributed by atoms with Crippen molar-refractivity contribution in [1.29, 1.82) is 0 Å². The average Bonchev–Trinajstić information content (AvgIpc) is 3.43. The van der Waals surface area contributed by atoms with Crippen LogP contribution in [0.5, 0.6) is 5.75 Å². The van der Waals surface area contributed by atoms with Crippen LogP contribution < -0.4 is 15.7 Å². The molecule has 0 spiro atoms. The number of anilines is 1. The van der Waals surface area contributed by atoms with Crippen LogP contribution in [0.15, 0.2) is 52.4 Å². The molecule has 1 N–H and O–H groups in total. The summed E-state index contributed by atoms with van der Waals surface area (Å²) in [7, 11) is 0. The molecule has 5 nitrogen and oxygen atoms in total. The van der Waals surface area contributed by atoms with Crippen LogP contribution in [0.2, 0.25) is 5.02 Å². The second-order valence-corrected chi connectivity index (χ2v) is 7.99. The third-order valence-corrected chi connectivity index (χ3v) is 5.61. The van der Waals surface area contributed by atoms with Gasteiger partial charge in [-0.2, -0.15) is 0 Å². The number of ether oxygens (including phenoxy) is 1. The zero-order valence-corrected chi connectivity index (χ0v) is 15.7. The first-order valence-corrected chi connectivity index (χ1v) is 9.55. The maximum absolute atomic E-state index is 12.8. The molecular weight excluding hydrogens is 415 g/mol. The molecule has 0 saturated heterocycles. The van der Waals surface area contributed by atoms with E-state index < -0.39 is 17.7 Å². The summed E-state index contributed by atoms with van der Waals surface area (Å²) in [6.45, 7) is 0. The van der Waals surface area contributed by atoms with Crippen molar-refractivity contribution in [3.05, 3.63) is 58.1 Å². The Kier molecular flexibility index (Phi) is 4.88. The third-order valence-electron chi connectivity index (χ3n) is 3.96. The monoisotopic (exact) mass is 427 g/mol. The highest BCUT2D eigenvalue weighted by molar-refractivity contribution is 8.00. The lowest BCUT2D eigenvalue weighted by Crippen LogP contribution is -2.27. The molecule has 0 aliphatic heterocycles. The first-order valence-electron chi connectivity index (χ1n) is 8.29. The number of benzene rings is 2. The fourth-order valence-corrected chi connectivity index (χ4v) is 3.85. The van der Waals surface area contributed by atoms with Crippen LogP contribution >= 0.6 is 23.4 Å². The zero-order chi connectivity index (χ0) is 19.9. The fourth-order valence-electron chi connectivity index (χ4n) is 2.57. The molecule has 1 aliphatic carbocycles. The van der Waals surface area contributed by atoms with Crippen molar-refractivity contribution >= 4 is 40.0 Å². The number of nitrogens with one attached hydrogen (secondary N) is 1. The number of alkyl halides is 3. The van der Waals surface area contributed by atoms with Gasteiger partial charge < -0.3 is 4.74 Å². The van der Waals surface area contributed by atoms with E-state index in [-0.39, 0.29) is 10.9 Å². The number of rotatable bonds is 5. The number of thioether (sulfide) groups is 1. The number of aromatic nitrogens is 2. The Morgan fingerprint density at radius 1 is 1.21 bits per heavy atom. The van der Waals surface area contributed by atoms with Crippen molar-refractivity contribution in [3.63, 3.8) is 0 Å². The Bertz CT molecular complexity index is 1100. The minimum atomic E-state index is -4.84. The van der Waals surface area contributed by atoms with E-state index in [0.29, 0.717) is 16.0 Å². The van der Waals surface area contributed by atoms with Gasteiger partial charge in [0.1, 0.15) is 12.1 Å². The topological polar surface area (TPSA) is 56.1 Å². The first-order chi connectivity index (χ1) is 13.3. The van der Waals surface area contributed by atoms with E-state index in [4.69, 9.17) is 11.6 Å². The molecule has 10 heteroatoms. The number of hydrogen-bond acceptors (Lipinski definition) is 5. The minimum Gasteiger partial charge on any atom is -0.406 e. The van der Waals surface area contributed by atoms with Gasteiger partial charge in [0.15, 0.2) is 0 Å². The Balaban J connectivity index is 1.70. The summed E-state index contributed by atoms with van der Waals surface area (Å²) in [5, 5.41) is 1.02. The molecule has 4 rings (SSSR count). The highest BCUT2D eigenvalue weighted by Gasteiger charge is 2.31. The van der Waals surface area contributed by atoms with E-state index >= 15 is 0 Å². The van der Waals surface area contributed by atoms with E-state index in [1.165, 1.54) is 12.4 Å². The van der Waals surface area contributed by atoms with Gasteiger partial charge in [0.05, 0.1) is 16.6 Å². The summed E-state index contributed by atoms with van der Waals surface area (Å²) in [6.07, 6.45) is -1.30. The Labute approximate surface area is 166 Å². The normalized spacial score (nSPS) is 14.3. The maximum atomic E-state index is 12.8. The van der Waals surface area contributed by atoms with Crippen LogP contribution in [0, 0.1) is 0 Å². The van der Waals surface area contributed by atoms with Crippen LogP contribution in [-0.2, 0) is 0 Å². The van der Waals surface area contributed by atoms with Gasteiger partial charge in [-0.15, -0.1) is 24.9 Å². The van der Waals surface area contributed by atoms with E-state index in [1.54, 1.807) is 23.9 Å². The Hall–Kier alpha value is -2.39. The van der Waals surface area contributed by atoms with Crippen molar-refractivity contribution in [1.82, 2.24) is 9.66 Å². The predicted molar refractivity (Wildman–Crippen MR) is 102 cm³/mol. The second-order valence-electron chi connectivity index (χ2n) is 6.22. The van der Waals surface area contributed by atoms with Crippen LogP contribution in [-0.4, -0.2) is 21.3 Å². The van der Waals surface area contributed by atoms with Gasteiger partial charge in [-0.25, -0.2) is 9.66 Å². The van der Waals surface area contributed by atoms with Crippen LogP contribution in [0.25, 0.3) is 10.9 Å². The summed E-state index contributed by atoms with van der Waals surface area (Å²) in [5.41, 5.74) is 3.27. The average molecular weight is 428 g/mol. The quantitative estimate of drug-likeness (QED) is 0.615. The van der Waals surface area contributed by atoms with E-state index in [0.717, 1.165) is 34.5 Å². The zero-order valence-electron chi connectivity index (χ0n) is 14.2. The SMILES string of the molecule is O=c1c2cc(OC(F)(F)F)ccc2ncn1Nc1cc(Cl)ccc1SC1CC1. The molecule has 2 aromatic carbocycles. The van der Waals surface area contributed by atoms with Gasteiger partial charge in [-0.05, 0) is 49.2 Å². The highest BCUT2D eigenvalue weighted by Crippen LogP contribution is 2.42. The standard InChI is InChI=1S/C18H13ClF3N3O2S/c19-10-1-6-16(28-12-3-4-12)15(7-10)24-25-9-23-14-5-2-11(27-18(20,21)22)8-13(14)17(25)26/h1-2,5-9,12,24H,3-4H2. The number of fused-ring (bicyclic) bond motifs is 1. The van der Waals surface area contributed by atoms with Gasteiger partial charge in [-0.3, -0.25) is 10.2 Å². The smallest absolute Gasteiger partial charge is 0.406 e. The lowest BCUT2D eigenvalue weighted by Gasteiger charge is -2.14. The van der Waals surface area contributed by atoms with Crippen molar-refractivity contribution < 1.29 is 17.9 Å². The number of nitrogens with zero attached hydrogens (tertiary/aromatic N) is 2. The molecule has 0 bridgehead atoms. The van der Waals surface area contributed by atoms with Crippen LogP contribution in [0.1, 0.15) is 12.8 Å². The summed E-state index contributed by atoms with van der Waals surface area (Å²) < 4.78 is 42.4. The van der Waals surface area contributed by atoms with Gasteiger partial charge in [0, 0.05) is 15.2 Å². The molecule has 0 radical (unpaired) electrons. The molecule has 1 aliphatic rings. The molecule has 146 valence electrons. The molecule has 0 amide bonds. The predicted octanol–water partition coefficient (Wildman–Crippen LogP) is 5.08. The molecular formula is C18H13ClF3N3O2S. The molecule has 1 heterocycles. The van der Waals surface area contributed by atoms with E-state index in [2.05, 4.69) is 15.1 Å². The van der Waals surface area contributed by atoms with E-state index in [9.17, 15) is 18.0 Å². The molecule has 1 aromatic heterocycles. The van der Waals surface area contributed by atoms with Crippen LogP contribution in [0.4, 0.5) is 18.9 Å². The maximum Gasteiger partial charge on any atom is 0.573 e. The molecule has 1 fully saturated rings. The van der Waals surface area contributed by atoms with Crippen molar-refractivity contribution in [2.24, 2.45) is 0 Å². The molecule has 28 heavy (non-hydrogen) atoms. The Morgan fingerprint density at radius 2 is 2.00 bits per heavy atom. The number of hydrogen-bond donors (Lipinski definition) is 1. The highest BCUT2D eigenvalue weighted by atomic mass is 35.5. The third kappa shape index (κ3) is 4.36. The summed E-state index contributed by atoms with van der Waals surface area (Å²) in [4.78, 5) is 17.8. The minimum absolute atomic E-state index is 0.00447. The van der Waals surface area contributed by atoms with Crippen molar-refractivity contribution in [2.45, 2.75) is 29.3 Å². The second kappa shape index (κ2) is 7.21. The summed E-state index contributed by atoms with van der Waals surface area (Å²) >= 11 is 7.76. The van der Waals surface area contributed by atoms with Gasteiger partial charge in [0.25, 0.3) is 5.56 Å². The van der Waals surface area contributed by atoms with Crippen LogP contribution in [0.3, 0.4) is 0 Å². The largest absolute Gasteiger partial charge is 0.573 e. The summed E-state index contributed by atoms with van der Waals surface area (Å²) in [6, 6.07) is 8.75. The van der Waals surface area contributed by atoms with Gasteiger partial charge >= 0.3 is 6.36 Å². The summed E-state index contributed by atoms with van der Waals surface area (Å²) in [5.74, 6) is -0.482. The van der Waals surface area contributed by atoms with E-state index in [1.807, 2.05) is 6.07 Å². The molecule has 0 atom stereocenters. The van der Waals surface area contributed by atoms with Gasteiger partial charge in [0.2, 0.25) is 0 Å². The molecule has 0 unspecified atom stereocenters.